The quantitative estimate of drug-likeness (QED) is 0.440. The Hall–Kier alpha value is -2.70. The Morgan fingerprint density at radius 3 is 2.04 bits per heavy atom. The number of aromatic hydroxyl groups is 1. The average molecular weight is 315 g/mol. The van der Waals surface area contributed by atoms with Crippen molar-refractivity contribution in [3.63, 3.8) is 0 Å². The van der Waals surface area contributed by atoms with Gasteiger partial charge in [0.2, 0.25) is 5.78 Å². The summed E-state index contributed by atoms with van der Waals surface area (Å²) in [6.45, 7) is 0. The van der Waals surface area contributed by atoms with E-state index in [2.05, 4.69) is 0 Å². The van der Waals surface area contributed by atoms with Crippen LogP contribution in [0.3, 0.4) is 0 Å². The Morgan fingerprint density at radius 1 is 1.00 bits per heavy atom. The Kier molecular flexibility index (Phi) is 4.78. The molecule has 1 atom stereocenters. The molecule has 2 aromatic carbocycles. The van der Waals surface area contributed by atoms with Gasteiger partial charge in [0.1, 0.15) is 11.4 Å². The van der Waals surface area contributed by atoms with E-state index in [1.165, 1.54) is 24.3 Å². The van der Waals surface area contributed by atoms with E-state index in [0.29, 0.717) is 11.1 Å². The number of hydrogen-bond donors (Lipinski definition) is 3. The summed E-state index contributed by atoms with van der Waals surface area (Å²) in [6, 6.07) is 14.1. The minimum absolute atomic E-state index is 0.0154. The van der Waals surface area contributed by atoms with Gasteiger partial charge in [-0.2, -0.15) is 0 Å². The molecule has 0 heterocycles. The Labute approximate surface area is 133 Å². The molecule has 2 rings (SSSR count). The van der Waals surface area contributed by atoms with Crippen molar-refractivity contribution in [2.24, 2.45) is 0 Å². The van der Waals surface area contributed by atoms with E-state index in [1.807, 2.05) is 0 Å². The van der Waals surface area contributed by atoms with Gasteiger partial charge in [-0.15, -0.1) is 0 Å². The van der Waals surface area contributed by atoms with Crippen molar-refractivity contribution in [1.82, 2.24) is 5.06 Å². The molecule has 0 fully saturated rings. The third-order valence-electron chi connectivity index (χ3n) is 3.55. The van der Waals surface area contributed by atoms with E-state index in [0.717, 1.165) is 7.05 Å². The predicted octanol–water partition coefficient (Wildman–Crippen LogP) is 1.43. The second-order valence-corrected chi connectivity index (χ2v) is 5.20. The molecule has 120 valence electrons. The zero-order valence-electron chi connectivity index (χ0n) is 12.5. The van der Waals surface area contributed by atoms with Gasteiger partial charge < -0.3 is 10.2 Å². The Balaban J connectivity index is 2.46. The first-order valence-electron chi connectivity index (χ1n) is 6.92. The summed E-state index contributed by atoms with van der Waals surface area (Å²) in [5, 5.41) is 29.8. The third kappa shape index (κ3) is 3.56. The molecule has 2 aromatic rings. The van der Waals surface area contributed by atoms with E-state index in [9.17, 15) is 19.8 Å². The number of aliphatic hydroxyl groups is 1. The highest BCUT2D eigenvalue weighted by Gasteiger charge is 2.36. The van der Waals surface area contributed by atoms with E-state index in [-0.39, 0.29) is 10.8 Å². The molecule has 0 aliphatic rings. The minimum atomic E-state index is -1.75. The fourth-order valence-electron chi connectivity index (χ4n) is 2.31. The molecule has 6 nitrogen and oxygen atoms in total. The van der Waals surface area contributed by atoms with Crippen LogP contribution < -0.4 is 0 Å². The fraction of sp³-hybridized carbons (Fsp3) is 0.176. The first-order chi connectivity index (χ1) is 10.8. The number of rotatable bonds is 5. The smallest absolute Gasteiger partial charge is 0.313 e. The van der Waals surface area contributed by atoms with Crippen molar-refractivity contribution in [1.29, 1.82) is 0 Å². The van der Waals surface area contributed by atoms with Crippen LogP contribution in [0.25, 0.3) is 0 Å². The number of likely N-dealkylation sites (N-methyl/N-ethyl adjacent to an activating group) is 1. The third-order valence-corrected chi connectivity index (χ3v) is 3.55. The monoisotopic (exact) mass is 315 g/mol. The molecule has 0 aromatic heterocycles. The molecule has 0 saturated carbocycles. The molecule has 0 aliphatic carbocycles. The summed E-state index contributed by atoms with van der Waals surface area (Å²) >= 11 is 0. The number of phenolic OH excluding ortho intramolecular Hbond substituents is 1. The van der Waals surface area contributed by atoms with Gasteiger partial charge in [0.15, 0.2) is 0 Å². The number of amides is 1. The lowest BCUT2D eigenvalue weighted by molar-refractivity contribution is -0.166. The highest BCUT2D eigenvalue weighted by Crippen LogP contribution is 2.34. The normalized spacial score (nSPS) is 13.2. The largest absolute Gasteiger partial charge is 0.508 e. The molecule has 1 unspecified atom stereocenters. The molecule has 1 amide bonds. The van der Waals surface area contributed by atoms with Gasteiger partial charge in [-0.3, -0.25) is 14.8 Å². The molecule has 0 radical (unpaired) electrons. The van der Waals surface area contributed by atoms with Crippen LogP contribution in [0.1, 0.15) is 17.5 Å². The number of ketones is 1. The number of carbonyl (C=O) groups is 2. The summed E-state index contributed by atoms with van der Waals surface area (Å²) in [7, 11) is 1.04. The summed E-state index contributed by atoms with van der Waals surface area (Å²) in [6.07, 6.45) is -0.536. The molecule has 0 bridgehead atoms. The van der Waals surface area contributed by atoms with Crippen LogP contribution in [-0.4, -0.2) is 39.2 Å². The molecule has 3 N–H and O–H groups in total. The first kappa shape index (κ1) is 16.7. The molecule has 0 aliphatic heterocycles. The van der Waals surface area contributed by atoms with E-state index >= 15 is 0 Å². The van der Waals surface area contributed by atoms with Crippen molar-refractivity contribution in [3.05, 3.63) is 65.7 Å². The topological polar surface area (TPSA) is 98.1 Å². The van der Waals surface area contributed by atoms with Gasteiger partial charge in [0, 0.05) is 7.05 Å². The molecule has 0 saturated heterocycles. The molecule has 23 heavy (non-hydrogen) atoms. The van der Waals surface area contributed by atoms with Crippen molar-refractivity contribution >= 4 is 11.7 Å². The van der Waals surface area contributed by atoms with Crippen molar-refractivity contribution in [2.45, 2.75) is 12.0 Å². The minimum Gasteiger partial charge on any atom is -0.508 e. The van der Waals surface area contributed by atoms with Crippen LogP contribution in [0, 0.1) is 0 Å². The van der Waals surface area contributed by atoms with E-state index in [1.54, 1.807) is 30.3 Å². The maximum atomic E-state index is 12.1. The molecule has 0 spiro atoms. The van der Waals surface area contributed by atoms with E-state index in [4.69, 9.17) is 5.21 Å². The number of nitrogens with zero attached hydrogens (tertiary/aromatic N) is 1. The Morgan fingerprint density at radius 2 is 1.52 bits per heavy atom. The zero-order chi connectivity index (χ0) is 17.0. The van der Waals surface area contributed by atoms with Gasteiger partial charge in [-0.05, 0) is 23.3 Å². The van der Waals surface area contributed by atoms with Crippen molar-refractivity contribution in [3.8, 4) is 5.75 Å². The van der Waals surface area contributed by atoms with E-state index < -0.39 is 23.7 Å². The van der Waals surface area contributed by atoms with Gasteiger partial charge in [-0.1, -0.05) is 42.5 Å². The molecular formula is C17H17NO5. The van der Waals surface area contributed by atoms with Gasteiger partial charge in [0.25, 0.3) is 0 Å². The Bertz CT molecular complexity index is 697. The van der Waals surface area contributed by atoms with Crippen LogP contribution in [0.2, 0.25) is 0 Å². The van der Waals surface area contributed by atoms with Crippen LogP contribution in [-0.2, 0) is 15.2 Å². The molecular weight excluding hydrogens is 298 g/mol. The first-order valence-corrected chi connectivity index (χ1v) is 6.92. The van der Waals surface area contributed by atoms with Gasteiger partial charge in [0.05, 0.1) is 6.42 Å². The lowest BCUT2D eigenvalue weighted by atomic mass is 9.82. The zero-order valence-corrected chi connectivity index (χ0v) is 12.5. The second-order valence-electron chi connectivity index (χ2n) is 5.20. The van der Waals surface area contributed by atoms with Crippen molar-refractivity contribution in [2.75, 3.05) is 7.05 Å². The van der Waals surface area contributed by atoms with Gasteiger partial charge in [-0.25, -0.2) is 5.06 Å². The number of phenols is 1. The highest BCUT2D eigenvalue weighted by atomic mass is 16.5. The van der Waals surface area contributed by atoms with Crippen LogP contribution in [0.4, 0.5) is 0 Å². The highest BCUT2D eigenvalue weighted by molar-refractivity contribution is 6.35. The number of hydrogen-bond acceptors (Lipinski definition) is 5. The number of hydroxylamine groups is 2. The maximum Gasteiger partial charge on any atom is 0.313 e. The lowest BCUT2D eigenvalue weighted by Gasteiger charge is -2.29. The van der Waals surface area contributed by atoms with Crippen LogP contribution in [0.5, 0.6) is 5.75 Å². The second kappa shape index (κ2) is 6.60. The fourth-order valence-corrected chi connectivity index (χ4v) is 2.31. The summed E-state index contributed by atoms with van der Waals surface area (Å²) in [5.74, 6) is -2.03. The summed E-state index contributed by atoms with van der Waals surface area (Å²) < 4.78 is 0. The standard InChI is InChI=1S/C17H17NO5/c1-18(23)16(21)15(20)11-17(22,12-5-3-2-4-6-12)13-7-9-14(19)10-8-13/h2-10,19,22-23H,11H2,1H3. The summed E-state index contributed by atoms with van der Waals surface area (Å²) in [5.41, 5.74) is -0.978. The van der Waals surface area contributed by atoms with Crippen LogP contribution in [0.15, 0.2) is 54.6 Å². The van der Waals surface area contributed by atoms with Crippen LogP contribution >= 0.6 is 0 Å². The predicted molar refractivity (Wildman–Crippen MR) is 81.7 cm³/mol. The summed E-state index contributed by atoms with van der Waals surface area (Å²) in [4.78, 5) is 23.7. The lowest BCUT2D eigenvalue weighted by Crippen LogP contribution is -2.37. The number of carbonyl (C=O) groups excluding carboxylic acids is 2. The van der Waals surface area contributed by atoms with Gasteiger partial charge >= 0.3 is 5.91 Å². The maximum absolute atomic E-state index is 12.1. The SMILES string of the molecule is CN(O)C(=O)C(=O)CC(O)(c1ccccc1)c1ccc(O)cc1. The average Bonchev–Trinajstić information content (AvgIpc) is 2.55. The van der Waals surface area contributed by atoms with Crippen molar-refractivity contribution < 1.29 is 25.0 Å². The number of benzene rings is 2. The molecule has 6 heteroatoms. The number of Topliss-reactive ketones (excluding diaryl/α,β-unsaturated/α-hetero) is 1.